The highest BCUT2D eigenvalue weighted by molar-refractivity contribution is 7.89. The minimum Gasteiger partial charge on any atom is -0.344 e. The van der Waals surface area contributed by atoms with Gasteiger partial charge < -0.3 is 4.90 Å². The number of nitrogens with zero attached hydrogens (tertiary/aromatic N) is 2. The minimum absolute atomic E-state index is 0.0473. The van der Waals surface area contributed by atoms with Crippen molar-refractivity contribution in [3.8, 4) is 6.07 Å². The van der Waals surface area contributed by atoms with Crippen molar-refractivity contribution in [1.29, 1.82) is 5.26 Å². The lowest BCUT2D eigenvalue weighted by atomic mass is 10.1. The van der Waals surface area contributed by atoms with E-state index in [0.717, 1.165) is 6.07 Å². The van der Waals surface area contributed by atoms with Gasteiger partial charge in [0, 0.05) is 26.1 Å². The first-order chi connectivity index (χ1) is 9.85. The molecule has 1 unspecified atom stereocenters. The fourth-order valence-corrected chi connectivity index (χ4v) is 3.66. The van der Waals surface area contributed by atoms with Gasteiger partial charge in [-0.1, -0.05) is 6.07 Å². The molecule has 1 N–H and O–H groups in total. The summed E-state index contributed by atoms with van der Waals surface area (Å²) in [6, 6.07) is 4.56. The zero-order valence-electron chi connectivity index (χ0n) is 11.3. The van der Waals surface area contributed by atoms with Crippen molar-refractivity contribution >= 4 is 15.9 Å². The Hall–Kier alpha value is -1.98. The Kier molecular flexibility index (Phi) is 4.25. The van der Waals surface area contributed by atoms with Gasteiger partial charge in [-0.3, -0.25) is 4.79 Å². The lowest BCUT2D eigenvalue weighted by Gasteiger charge is -2.30. The molecule has 1 saturated heterocycles. The van der Waals surface area contributed by atoms with Crippen LogP contribution in [0.15, 0.2) is 23.1 Å². The summed E-state index contributed by atoms with van der Waals surface area (Å²) < 4.78 is 40.5. The lowest BCUT2D eigenvalue weighted by Crippen LogP contribution is -2.48. The molecule has 1 heterocycles. The molecule has 0 aliphatic carbocycles. The van der Waals surface area contributed by atoms with Crippen LogP contribution in [0.1, 0.15) is 18.4 Å². The normalized spacial score (nSPS) is 19.4. The van der Waals surface area contributed by atoms with E-state index < -0.39 is 27.4 Å². The number of carbonyl (C=O) groups is 1. The molecule has 8 heteroatoms. The monoisotopic (exact) mass is 311 g/mol. The van der Waals surface area contributed by atoms with Crippen molar-refractivity contribution in [2.75, 3.05) is 13.6 Å². The summed E-state index contributed by atoms with van der Waals surface area (Å²) in [5.74, 6) is -0.926. The van der Waals surface area contributed by atoms with Crippen LogP contribution in [0, 0.1) is 17.1 Å². The quantitative estimate of drug-likeness (QED) is 0.885. The number of piperidine rings is 1. The maximum atomic E-state index is 13.5. The molecular formula is C13H14FN3O3S. The third kappa shape index (κ3) is 3.20. The predicted octanol–water partition coefficient (Wildman–Crippen LogP) is 0.596. The molecule has 1 atom stereocenters. The van der Waals surface area contributed by atoms with Crippen molar-refractivity contribution in [1.82, 2.24) is 9.62 Å². The summed E-state index contributed by atoms with van der Waals surface area (Å²) in [6.07, 6.45) is 0.623. The number of hydrogen-bond donors (Lipinski definition) is 1. The molecule has 0 spiro atoms. The van der Waals surface area contributed by atoms with E-state index >= 15 is 0 Å². The molecule has 0 aromatic heterocycles. The molecule has 1 aliphatic heterocycles. The van der Waals surface area contributed by atoms with E-state index in [1.54, 1.807) is 13.1 Å². The van der Waals surface area contributed by atoms with Gasteiger partial charge in [-0.15, -0.1) is 0 Å². The zero-order chi connectivity index (χ0) is 15.6. The highest BCUT2D eigenvalue weighted by Crippen LogP contribution is 2.19. The summed E-state index contributed by atoms with van der Waals surface area (Å²) in [5, 5.41) is 8.91. The smallest absolute Gasteiger partial charge is 0.242 e. The van der Waals surface area contributed by atoms with Crippen LogP contribution < -0.4 is 4.72 Å². The van der Waals surface area contributed by atoms with E-state index in [9.17, 15) is 17.6 Å². The maximum absolute atomic E-state index is 13.5. The second-order valence-corrected chi connectivity index (χ2v) is 6.54. The molecule has 1 aromatic carbocycles. The summed E-state index contributed by atoms with van der Waals surface area (Å²) in [4.78, 5) is 12.4. The van der Waals surface area contributed by atoms with Crippen molar-refractivity contribution in [2.45, 2.75) is 23.8 Å². The molecule has 2 rings (SSSR count). The maximum Gasteiger partial charge on any atom is 0.242 e. The molecule has 1 aliphatic rings. The van der Waals surface area contributed by atoms with E-state index in [-0.39, 0.29) is 23.8 Å². The van der Waals surface area contributed by atoms with Gasteiger partial charge in [-0.25, -0.2) is 17.5 Å². The number of amides is 1. The van der Waals surface area contributed by atoms with Crippen molar-refractivity contribution in [3.05, 3.63) is 29.6 Å². The fraction of sp³-hybridized carbons (Fsp3) is 0.385. The average Bonchev–Trinajstić information content (AvgIpc) is 2.42. The van der Waals surface area contributed by atoms with Crippen LogP contribution in [0.25, 0.3) is 0 Å². The Labute approximate surface area is 122 Å². The first-order valence-electron chi connectivity index (χ1n) is 6.30. The zero-order valence-corrected chi connectivity index (χ0v) is 12.2. The number of halogens is 1. The molecular weight excluding hydrogens is 297 g/mol. The highest BCUT2D eigenvalue weighted by atomic mass is 32.2. The number of likely N-dealkylation sites (N-methyl/N-ethyl adjacent to an activating group) is 1. The van der Waals surface area contributed by atoms with Gasteiger partial charge in [0.05, 0.1) is 0 Å². The number of nitriles is 1. The predicted molar refractivity (Wildman–Crippen MR) is 72.1 cm³/mol. The third-order valence-electron chi connectivity index (χ3n) is 3.33. The fourth-order valence-electron chi connectivity index (χ4n) is 2.23. The van der Waals surface area contributed by atoms with Crippen LogP contribution >= 0.6 is 0 Å². The molecule has 112 valence electrons. The van der Waals surface area contributed by atoms with Gasteiger partial charge in [-0.2, -0.15) is 5.26 Å². The molecule has 1 aromatic rings. The standard InChI is InChI=1S/C13H14FN3O3S/c1-17-8-9(5-6-13(17)18)16-21(19,20)12-4-2-3-11(14)10(12)7-15/h2-4,9,16H,5-6,8H2,1H3. The summed E-state index contributed by atoms with van der Waals surface area (Å²) in [6.45, 7) is 0.245. The largest absolute Gasteiger partial charge is 0.344 e. The van der Waals surface area contributed by atoms with E-state index in [1.807, 2.05) is 0 Å². The van der Waals surface area contributed by atoms with Gasteiger partial charge in [0.2, 0.25) is 15.9 Å². The Bertz CT molecular complexity index is 712. The number of likely N-dealkylation sites (tertiary alicyclic amines) is 1. The molecule has 1 fully saturated rings. The van der Waals surface area contributed by atoms with Gasteiger partial charge in [0.1, 0.15) is 22.3 Å². The van der Waals surface area contributed by atoms with Crippen molar-refractivity contribution < 1.29 is 17.6 Å². The average molecular weight is 311 g/mol. The van der Waals surface area contributed by atoms with Crippen LogP contribution in [0.4, 0.5) is 4.39 Å². The van der Waals surface area contributed by atoms with E-state index in [2.05, 4.69) is 4.72 Å². The Morgan fingerprint density at radius 2 is 2.19 bits per heavy atom. The summed E-state index contributed by atoms with van der Waals surface area (Å²) in [7, 11) is -2.43. The third-order valence-corrected chi connectivity index (χ3v) is 4.89. The minimum atomic E-state index is -4.02. The van der Waals surface area contributed by atoms with Gasteiger partial charge >= 0.3 is 0 Å². The summed E-state index contributed by atoms with van der Waals surface area (Å²) in [5.41, 5.74) is -0.509. The highest BCUT2D eigenvalue weighted by Gasteiger charge is 2.29. The Morgan fingerprint density at radius 1 is 1.48 bits per heavy atom. The van der Waals surface area contributed by atoms with Gasteiger partial charge in [-0.05, 0) is 18.6 Å². The second kappa shape index (κ2) is 5.79. The van der Waals surface area contributed by atoms with E-state index in [4.69, 9.17) is 5.26 Å². The number of carbonyl (C=O) groups excluding carboxylic acids is 1. The van der Waals surface area contributed by atoms with Crippen molar-refractivity contribution in [3.63, 3.8) is 0 Å². The topological polar surface area (TPSA) is 90.3 Å². The SMILES string of the molecule is CN1CC(NS(=O)(=O)c2cccc(F)c2C#N)CCC1=O. The Morgan fingerprint density at radius 3 is 2.81 bits per heavy atom. The van der Waals surface area contributed by atoms with Crippen LogP contribution in [0.3, 0.4) is 0 Å². The molecule has 6 nitrogen and oxygen atoms in total. The van der Waals surface area contributed by atoms with E-state index in [0.29, 0.717) is 6.42 Å². The van der Waals surface area contributed by atoms with Gasteiger partial charge in [0.15, 0.2) is 0 Å². The Balaban J connectivity index is 2.26. The number of hydrogen-bond acceptors (Lipinski definition) is 4. The number of nitrogens with one attached hydrogen (secondary N) is 1. The molecule has 21 heavy (non-hydrogen) atoms. The summed E-state index contributed by atoms with van der Waals surface area (Å²) >= 11 is 0. The molecule has 0 bridgehead atoms. The molecule has 1 amide bonds. The number of rotatable bonds is 3. The number of sulfonamides is 1. The number of benzene rings is 1. The van der Waals surface area contributed by atoms with E-state index in [1.165, 1.54) is 17.0 Å². The van der Waals surface area contributed by atoms with Crippen LogP contribution in [0.5, 0.6) is 0 Å². The molecule has 0 radical (unpaired) electrons. The molecule has 0 saturated carbocycles. The van der Waals surface area contributed by atoms with Crippen LogP contribution in [-0.2, 0) is 14.8 Å². The first kappa shape index (κ1) is 15.4. The van der Waals surface area contributed by atoms with Crippen LogP contribution in [0.2, 0.25) is 0 Å². The lowest BCUT2D eigenvalue weighted by molar-refractivity contribution is -0.132. The van der Waals surface area contributed by atoms with Crippen LogP contribution in [-0.4, -0.2) is 38.9 Å². The van der Waals surface area contributed by atoms with Gasteiger partial charge in [0.25, 0.3) is 0 Å². The first-order valence-corrected chi connectivity index (χ1v) is 7.78. The second-order valence-electron chi connectivity index (χ2n) is 4.86. The van der Waals surface area contributed by atoms with Crippen molar-refractivity contribution in [2.24, 2.45) is 0 Å².